The number of carbonyl (C=O) groups excluding carboxylic acids is 1. The van der Waals surface area contributed by atoms with Crippen molar-refractivity contribution in [1.82, 2.24) is 9.55 Å². The first-order chi connectivity index (χ1) is 16.1. The fraction of sp³-hybridized carbons (Fsp3) is 0.111. The minimum atomic E-state index is -0.413. The zero-order valence-corrected chi connectivity index (χ0v) is 19.0. The van der Waals surface area contributed by atoms with Crippen LogP contribution in [-0.4, -0.2) is 29.2 Å². The fourth-order valence-electron chi connectivity index (χ4n) is 4.09. The van der Waals surface area contributed by atoms with Crippen LogP contribution in [0.15, 0.2) is 78.9 Å². The van der Waals surface area contributed by atoms with Crippen molar-refractivity contribution in [3.63, 3.8) is 0 Å². The summed E-state index contributed by atoms with van der Waals surface area (Å²) >= 11 is 6.38. The molecule has 0 aromatic heterocycles. The fourth-order valence-corrected chi connectivity index (χ4v) is 4.27. The van der Waals surface area contributed by atoms with Gasteiger partial charge in [-0.2, -0.15) is 0 Å². The third kappa shape index (κ3) is 3.70. The van der Waals surface area contributed by atoms with Crippen molar-refractivity contribution in [2.24, 2.45) is 0 Å². The monoisotopic (exact) mass is 456 g/mol. The lowest BCUT2D eigenvalue weighted by Crippen LogP contribution is -2.16. The van der Waals surface area contributed by atoms with E-state index in [-0.39, 0.29) is 6.61 Å². The second-order valence-corrected chi connectivity index (χ2v) is 7.97. The van der Waals surface area contributed by atoms with E-state index in [1.807, 2.05) is 83.4 Å². The van der Waals surface area contributed by atoms with Gasteiger partial charge in [0, 0.05) is 21.7 Å². The van der Waals surface area contributed by atoms with Gasteiger partial charge in [0.2, 0.25) is 0 Å². The second kappa shape index (κ2) is 8.60. The van der Waals surface area contributed by atoms with Crippen LogP contribution in [0, 0.1) is 0 Å². The zero-order chi connectivity index (χ0) is 22.9. The summed E-state index contributed by atoms with van der Waals surface area (Å²) in [6.07, 6.45) is 0. The van der Waals surface area contributed by atoms with E-state index < -0.39 is 5.97 Å². The first-order valence-corrected chi connectivity index (χ1v) is 11.0. The van der Waals surface area contributed by atoms with Gasteiger partial charge < -0.3 is 14.0 Å². The number of nitrogens with zero attached hydrogens (tertiary/aromatic N) is 2. The molecule has 0 amide bonds. The van der Waals surface area contributed by atoms with Crippen LogP contribution in [0.4, 0.5) is 0 Å². The number of esters is 1. The molecule has 0 fully saturated rings. The lowest BCUT2D eigenvalue weighted by Gasteiger charge is -2.21. The zero-order valence-electron chi connectivity index (χ0n) is 18.2. The van der Waals surface area contributed by atoms with Gasteiger partial charge in [-0.05, 0) is 61.0 Å². The highest BCUT2D eigenvalue weighted by Crippen LogP contribution is 2.42. The molecule has 3 aromatic rings. The van der Waals surface area contributed by atoms with E-state index >= 15 is 0 Å². The van der Waals surface area contributed by atoms with Gasteiger partial charge in [-0.15, -0.1) is 0 Å². The standard InChI is InChI=1S/C27H21ClN2O3/c1-3-33-27(31)24-16-21(17-7-5-4-6-8-17)25-26(22-15-18(28)9-14-23(22)29-25)30(24)19-10-12-20(32-2)13-11-19/h4-16H,3H2,1-2H3. The number of pyridine rings is 1. The maximum Gasteiger partial charge on any atom is 0.355 e. The average molecular weight is 457 g/mol. The van der Waals surface area contributed by atoms with Crippen LogP contribution in [0.1, 0.15) is 17.4 Å². The Morgan fingerprint density at radius 1 is 1.00 bits per heavy atom. The Morgan fingerprint density at radius 2 is 1.76 bits per heavy atom. The number of rotatable bonds is 5. The van der Waals surface area contributed by atoms with E-state index in [2.05, 4.69) is 0 Å². The molecule has 0 N–H and O–H groups in total. The van der Waals surface area contributed by atoms with Gasteiger partial charge in [0.1, 0.15) is 11.4 Å². The molecule has 0 unspecified atom stereocenters. The largest absolute Gasteiger partial charge is 0.497 e. The average Bonchev–Trinajstić information content (AvgIpc) is 3.22. The normalized spacial score (nSPS) is 11.1. The Hall–Kier alpha value is -3.83. The molecule has 0 aliphatic carbocycles. The molecule has 5 nitrogen and oxygen atoms in total. The van der Waals surface area contributed by atoms with Crippen LogP contribution >= 0.6 is 11.6 Å². The third-order valence-corrected chi connectivity index (χ3v) is 5.81. The van der Waals surface area contributed by atoms with Crippen LogP contribution < -0.4 is 4.74 Å². The second-order valence-electron chi connectivity index (χ2n) is 7.53. The molecule has 6 heteroatoms. The van der Waals surface area contributed by atoms with Gasteiger partial charge in [0.25, 0.3) is 0 Å². The predicted octanol–water partition coefficient (Wildman–Crippen LogP) is 6.64. The van der Waals surface area contributed by atoms with Gasteiger partial charge in [-0.1, -0.05) is 41.9 Å². The van der Waals surface area contributed by atoms with Crippen molar-refractivity contribution in [1.29, 1.82) is 0 Å². The van der Waals surface area contributed by atoms with E-state index in [4.69, 9.17) is 26.1 Å². The summed E-state index contributed by atoms with van der Waals surface area (Å²) in [5, 5.41) is 1.46. The molecule has 2 aliphatic rings. The molecular formula is C27H21ClN2O3. The third-order valence-electron chi connectivity index (χ3n) is 5.57. The topological polar surface area (TPSA) is 53.3 Å². The van der Waals surface area contributed by atoms with Crippen LogP contribution in [0.3, 0.4) is 0 Å². The van der Waals surface area contributed by atoms with E-state index in [9.17, 15) is 4.79 Å². The SMILES string of the molecule is CCOC(=O)c1cc(-c2ccccc2)c2nc3ccc(Cl)cc3c-2n1-c1ccc(OC)cc1. The number of halogens is 1. The molecule has 0 bridgehead atoms. The Balaban J connectivity index is 1.93. The number of benzene rings is 3. The minimum Gasteiger partial charge on any atom is -0.497 e. The van der Waals surface area contributed by atoms with Crippen molar-refractivity contribution in [3.8, 4) is 34.0 Å². The van der Waals surface area contributed by atoms with Crippen LogP contribution in [0.2, 0.25) is 5.02 Å². The Kier molecular flexibility index (Phi) is 5.48. The molecule has 33 heavy (non-hydrogen) atoms. The molecule has 3 aromatic carbocycles. The summed E-state index contributed by atoms with van der Waals surface area (Å²) < 4.78 is 12.7. The number of hydrogen-bond donors (Lipinski definition) is 0. The van der Waals surface area contributed by atoms with Crippen molar-refractivity contribution < 1.29 is 14.3 Å². The number of fused-ring (bicyclic) bond motifs is 3. The summed E-state index contributed by atoms with van der Waals surface area (Å²) in [6.45, 7) is 2.07. The molecule has 0 saturated carbocycles. The predicted molar refractivity (Wildman–Crippen MR) is 131 cm³/mol. The Bertz CT molecular complexity index is 1430. The van der Waals surface area contributed by atoms with Gasteiger partial charge in [-0.3, -0.25) is 0 Å². The molecule has 2 heterocycles. The maximum absolute atomic E-state index is 13.2. The summed E-state index contributed by atoms with van der Waals surface area (Å²) in [5.74, 6) is 0.312. The highest BCUT2D eigenvalue weighted by Gasteiger charge is 2.27. The lowest BCUT2D eigenvalue weighted by atomic mass is 9.99. The van der Waals surface area contributed by atoms with E-state index in [0.29, 0.717) is 10.7 Å². The van der Waals surface area contributed by atoms with E-state index in [1.54, 1.807) is 14.0 Å². The van der Waals surface area contributed by atoms with Crippen molar-refractivity contribution >= 4 is 28.5 Å². The molecular weight excluding hydrogens is 436 g/mol. The quantitative estimate of drug-likeness (QED) is 0.278. The van der Waals surface area contributed by atoms with Gasteiger partial charge in [0.05, 0.1) is 30.6 Å². The maximum atomic E-state index is 13.2. The Labute approximate surface area is 196 Å². The minimum absolute atomic E-state index is 0.270. The van der Waals surface area contributed by atoms with Crippen molar-refractivity contribution in [2.45, 2.75) is 6.92 Å². The van der Waals surface area contributed by atoms with Gasteiger partial charge >= 0.3 is 5.97 Å². The summed E-state index contributed by atoms with van der Waals surface area (Å²) in [7, 11) is 1.62. The highest BCUT2D eigenvalue weighted by molar-refractivity contribution is 6.31. The van der Waals surface area contributed by atoms with Crippen molar-refractivity contribution in [2.75, 3.05) is 13.7 Å². The summed E-state index contributed by atoms with van der Waals surface area (Å²) in [6, 6.07) is 24.9. The Morgan fingerprint density at radius 3 is 2.45 bits per heavy atom. The number of carbonyl (C=O) groups is 1. The molecule has 0 radical (unpaired) electrons. The number of hydrogen-bond acceptors (Lipinski definition) is 4. The lowest BCUT2D eigenvalue weighted by molar-refractivity contribution is 0.0516. The van der Waals surface area contributed by atoms with E-state index in [1.165, 1.54) is 0 Å². The molecule has 2 aliphatic heterocycles. The van der Waals surface area contributed by atoms with Crippen LogP contribution in [-0.2, 0) is 4.74 Å². The number of methoxy groups -OCH3 is 1. The first-order valence-electron chi connectivity index (χ1n) is 10.6. The van der Waals surface area contributed by atoms with Gasteiger partial charge in [0.15, 0.2) is 0 Å². The summed E-state index contributed by atoms with van der Waals surface area (Å²) in [5.41, 5.74) is 5.38. The number of ether oxygens (including phenoxy) is 2. The molecule has 164 valence electrons. The van der Waals surface area contributed by atoms with Crippen LogP contribution in [0.5, 0.6) is 5.75 Å². The molecule has 0 spiro atoms. The van der Waals surface area contributed by atoms with Crippen molar-refractivity contribution in [3.05, 3.63) is 89.6 Å². The highest BCUT2D eigenvalue weighted by atomic mass is 35.5. The summed E-state index contributed by atoms with van der Waals surface area (Å²) in [4.78, 5) is 18.1. The van der Waals surface area contributed by atoms with E-state index in [0.717, 1.165) is 44.9 Å². The van der Waals surface area contributed by atoms with Crippen LogP contribution in [0.25, 0.3) is 39.1 Å². The molecule has 0 atom stereocenters. The van der Waals surface area contributed by atoms with Gasteiger partial charge in [-0.25, -0.2) is 9.78 Å². The molecule has 0 saturated heterocycles. The first kappa shape index (κ1) is 21.0. The molecule has 5 rings (SSSR count). The smallest absolute Gasteiger partial charge is 0.355 e. The number of aromatic nitrogens is 2.